The Bertz CT molecular complexity index is 528. The lowest BCUT2D eigenvalue weighted by atomic mass is 10.1. The van der Waals surface area contributed by atoms with Crippen LogP contribution in [0.1, 0.15) is 35.7 Å². The average molecular weight is 298 g/mol. The molecule has 1 unspecified atom stereocenters. The number of carbonyl (C=O) groups is 1. The molecule has 1 aromatic carbocycles. The highest BCUT2D eigenvalue weighted by Crippen LogP contribution is 2.21. The van der Waals surface area contributed by atoms with Crippen molar-refractivity contribution in [1.82, 2.24) is 5.32 Å². The van der Waals surface area contributed by atoms with Crippen LogP contribution >= 0.6 is 0 Å². The number of hydrogen-bond acceptors (Lipinski definition) is 4. The third kappa shape index (κ3) is 4.49. The molecule has 0 aliphatic rings. The molecule has 7 heteroatoms. The number of nitro benzene ring substituents is 1. The maximum Gasteiger partial charge on any atom is 0.270 e. The van der Waals surface area contributed by atoms with Crippen LogP contribution in [0.25, 0.3) is 0 Å². The number of hydrogen-bond donors (Lipinski definition) is 1. The molecule has 0 aliphatic heterocycles. The van der Waals surface area contributed by atoms with E-state index in [2.05, 4.69) is 5.32 Å². The lowest BCUT2D eigenvalue weighted by Gasteiger charge is -2.17. The molecule has 0 radical (unpaired) electrons. The van der Waals surface area contributed by atoms with Gasteiger partial charge in [-0.2, -0.15) is 0 Å². The molecule has 0 bridgehead atoms. The van der Waals surface area contributed by atoms with Crippen molar-refractivity contribution in [3.05, 3.63) is 39.2 Å². The lowest BCUT2D eigenvalue weighted by molar-refractivity contribution is -0.385. The third-order valence-corrected chi connectivity index (χ3v) is 3.03. The molecule has 1 rings (SSSR count). The van der Waals surface area contributed by atoms with E-state index in [1.807, 2.05) is 6.92 Å². The predicted molar refractivity (Wildman–Crippen MR) is 75.8 cm³/mol. The van der Waals surface area contributed by atoms with Crippen LogP contribution in [0, 0.1) is 22.9 Å². The Labute approximate surface area is 122 Å². The molecule has 6 nitrogen and oxygen atoms in total. The van der Waals surface area contributed by atoms with Crippen molar-refractivity contribution in [2.75, 3.05) is 13.7 Å². The van der Waals surface area contributed by atoms with Gasteiger partial charge in [0.15, 0.2) is 0 Å². The van der Waals surface area contributed by atoms with Gasteiger partial charge in [-0.15, -0.1) is 0 Å². The van der Waals surface area contributed by atoms with Crippen LogP contribution in [0.15, 0.2) is 12.1 Å². The first-order valence-electron chi connectivity index (χ1n) is 6.65. The molecule has 0 spiro atoms. The van der Waals surface area contributed by atoms with Gasteiger partial charge in [0.2, 0.25) is 0 Å². The minimum atomic E-state index is -0.745. The number of nitro groups is 1. The monoisotopic (exact) mass is 298 g/mol. The van der Waals surface area contributed by atoms with E-state index < -0.39 is 16.6 Å². The summed E-state index contributed by atoms with van der Waals surface area (Å²) in [4.78, 5) is 22.3. The lowest BCUT2D eigenvalue weighted by Crippen LogP contribution is -2.38. The van der Waals surface area contributed by atoms with Crippen molar-refractivity contribution >= 4 is 11.6 Å². The minimum Gasteiger partial charge on any atom is -0.383 e. The Hall–Kier alpha value is -2.02. The first-order valence-corrected chi connectivity index (χ1v) is 6.65. The van der Waals surface area contributed by atoms with Crippen molar-refractivity contribution in [2.24, 2.45) is 0 Å². The molecule has 0 saturated heterocycles. The van der Waals surface area contributed by atoms with Crippen molar-refractivity contribution < 1.29 is 18.8 Å². The topological polar surface area (TPSA) is 81.5 Å². The fourth-order valence-electron chi connectivity index (χ4n) is 2.03. The Morgan fingerprint density at radius 1 is 1.52 bits per heavy atom. The number of methoxy groups -OCH3 is 1. The second-order valence-electron chi connectivity index (χ2n) is 4.80. The molecule has 1 atom stereocenters. The summed E-state index contributed by atoms with van der Waals surface area (Å²) in [6.45, 7) is 3.64. The number of ether oxygens (including phenoxy) is 1. The Morgan fingerprint density at radius 2 is 2.19 bits per heavy atom. The van der Waals surface area contributed by atoms with Crippen LogP contribution in [0.5, 0.6) is 0 Å². The smallest absolute Gasteiger partial charge is 0.270 e. The fourth-order valence-corrected chi connectivity index (χ4v) is 2.03. The first kappa shape index (κ1) is 17.0. The summed E-state index contributed by atoms with van der Waals surface area (Å²) in [6.07, 6.45) is 1.50. The minimum absolute atomic E-state index is 0.0631. The van der Waals surface area contributed by atoms with Crippen LogP contribution in [0.3, 0.4) is 0 Å². The number of carbonyl (C=O) groups excluding carboxylic acids is 1. The molecule has 0 heterocycles. The van der Waals surface area contributed by atoms with Crippen LogP contribution in [-0.2, 0) is 4.74 Å². The SMILES string of the molecule is CCCC(COC)NC(=O)c1cc([N+](=O)[O-])cc(C)c1F. The van der Waals surface area contributed by atoms with Gasteiger partial charge in [-0.3, -0.25) is 14.9 Å². The van der Waals surface area contributed by atoms with Crippen molar-refractivity contribution in [1.29, 1.82) is 0 Å². The number of halogens is 1. The van der Waals surface area contributed by atoms with Gasteiger partial charge in [0.1, 0.15) is 5.82 Å². The summed E-state index contributed by atoms with van der Waals surface area (Å²) < 4.78 is 19.0. The molecule has 1 aromatic rings. The summed E-state index contributed by atoms with van der Waals surface area (Å²) in [7, 11) is 1.51. The second-order valence-corrected chi connectivity index (χ2v) is 4.80. The van der Waals surface area contributed by atoms with Gasteiger partial charge >= 0.3 is 0 Å². The fraction of sp³-hybridized carbons (Fsp3) is 0.500. The number of rotatable bonds is 7. The summed E-state index contributed by atoms with van der Waals surface area (Å²) in [5.74, 6) is -1.42. The maximum atomic E-state index is 14.0. The summed E-state index contributed by atoms with van der Waals surface area (Å²) >= 11 is 0. The molecular formula is C14H19FN2O4. The van der Waals surface area contributed by atoms with Gasteiger partial charge in [-0.1, -0.05) is 13.3 Å². The molecule has 0 aliphatic carbocycles. The maximum absolute atomic E-state index is 14.0. The molecule has 21 heavy (non-hydrogen) atoms. The van der Waals surface area contributed by atoms with Gasteiger partial charge in [-0.25, -0.2) is 4.39 Å². The van der Waals surface area contributed by atoms with Crippen LogP contribution in [0.4, 0.5) is 10.1 Å². The summed E-state index contributed by atoms with van der Waals surface area (Å²) in [5, 5.41) is 13.4. The quantitative estimate of drug-likeness (QED) is 0.619. The van der Waals surface area contributed by atoms with Crippen LogP contribution in [0.2, 0.25) is 0 Å². The van der Waals surface area contributed by atoms with E-state index in [1.54, 1.807) is 0 Å². The molecule has 0 aromatic heterocycles. The van der Waals surface area contributed by atoms with Gasteiger partial charge < -0.3 is 10.1 Å². The van der Waals surface area contributed by atoms with Crippen molar-refractivity contribution in [3.63, 3.8) is 0 Å². The third-order valence-electron chi connectivity index (χ3n) is 3.03. The van der Waals surface area contributed by atoms with Gasteiger partial charge in [-0.05, 0) is 18.9 Å². The number of aryl methyl sites for hydroxylation is 1. The summed E-state index contributed by atoms with van der Waals surface area (Å²) in [6, 6.07) is 1.80. The zero-order valence-electron chi connectivity index (χ0n) is 12.3. The second kappa shape index (κ2) is 7.68. The Kier molecular flexibility index (Phi) is 6.23. The Balaban J connectivity index is 3.03. The van der Waals surface area contributed by atoms with Crippen LogP contribution < -0.4 is 5.32 Å². The number of amides is 1. The predicted octanol–water partition coefficient (Wildman–Crippen LogP) is 2.59. The van der Waals surface area contributed by atoms with Crippen LogP contribution in [-0.4, -0.2) is 30.6 Å². The highest BCUT2D eigenvalue weighted by Gasteiger charge is 2.21. The average Bonchev–Trinajstić information content (AvgIpc) is 2.41. The first-order chi connectivity index (χ1) is 9.90. The van der Waals surface area contributed by atoms with E-state index in [9.17, 15) is 19.3 Å². The number of nitrogens with one attached hydrogen (secondary N) is 1. The van der Waals surface area contributed by atoms with E-state index in [0.29, 0.717) is 13.0 Å². The van der Waals surface area contributed by atoms with E-state index in [1.165, 1.54) is 14.0 Å². The summed E-state index contributed by atoms with van der Waals surface area (Å²) in [5.41, 5.74) is -0.565. The largest absolute Gasteiger partial charge is 0.383 e. The van der Waals surface area contributed by atoms with Crippen molar-refractivity contribution in [3.8, 4) is 0 Å². The van der Waals surface area contributed by atoms with Gasteiger partial charge in [0.05, 0.1) is 23.1 Å². The number of nitrogens with zero attached hydrogens (tertiary/aromatic N) is 1. The standard InChI is InChI=1S/C14H19FN2O4/c1-4-5-10(8-21-3)16-14(18)12-7-11(17(19)20)6-9(2)13(12)15/h6-7,10H,4-5,8H2,1-3H3,(H,16,18). The number of benzene rings is 1. The van der Waals surface area contributed by atoms with Gasteiger partial charge in [0.25, 0.3) is 11.6 Å². The zero-order chi connectivity index (χ0) is 16.0. The van der Waals surface area contributed by atoms with E-state index in [0.717, 1.165) is 18.6 Å². The molecule has 116 valence electrons. The van der Waals surface area contributed by atoms with E-state index >= 15 is 0 Å². The highest BCUT2D eigenvalue weighted by atomic mass is 19.1. The van der Waals surface area contributed by atoms with E-state index in [4.69, 9.17) is 4.74 Å². The number of non-ortho nitro benzene ring substituents is 1. The van der Waals surface area contributed by atoms with Crippen molar-refractivity contribution in [2.45, 2.75) is 32.7 Å². The molecule has 0 fully saturated rings. The molecule has 1 amide bonds. The highest BCUT2D eigenvalue weighted by molar-refractivity contribution is 5.95. The normalized spacial score (nSPS) is 12.0. The van der Waals surface area contributed by atoms with E-state index in [-0.39, 0.29) is 22.9 Å². The zero-order valence-corrected chi connectivity index (χ0v) is 12.3. The Morgan fingerprint density at radius 3 is 2.71 bits per heavy atom. The molecule has 0 saturated carbocycles. The van der Waals surface area contributed by atoms with Gasteiger partial charge in [0, 0.05) is 19.2 Å². The molecule has 1 N–H and O–H groups in total. The molecular weight excluding hydrogens is 279 g/mol.